The Morgan fingerprint density at radius 1 is 1.37 bits per heavy atom. The normalized spacial score (nSPS) is 11.4. The fourth-order valence-corrected chi connectivity index (χ4v) is 2.45. The van der Waals surface area contributed by atoms with E-state index in [1.54, 1.807) is 4.68 Å². The number of nitriles is 1. The zero-order valence-electron chi connectivity index (χ0n) is 10.9. The summed E-state index contributed by atoms with van der Waals surface area (Å²) in [5.41, 5.74) is 1.74. The smallest absolute Gasteiger partial charge is 0.150 e. The van der Waals surface area contributed by atoms with Gasteiger partial charge < -0.3 is 0 Å². The molecule has 2 aromatic rings. The van der Waals surface area contributed by atoms with E-state index in [0.717, 1.165) is 10.2 Å². The van der Waals surface area contributed by atoms with Crippen molar-refractivity contribution in [3.05, 3.63) is 45.1 Å². The van der Waals surface area contributed by atoms with Crippen LogP contribution in [0.1, 0.15) is 32.0 Å². The summed E-state index contributed by atoms with van der Waals surface area (Å²) < 4.78 is 2.54. The van der Waals surface area contributed by atoms with E-state index >= 15 is 0 Å². The van der Waals surface area contributed by atoms with Crippen LogP contribution < -0.4 is 0 Å². The predicted molar refractivity (Wildman–Crippen MR) is 79.7 cm³/mol. The molecule has 1 aromatic heterocycles. The second-order valence-electron chi connectivity index (χ2n) is 5.27. The summed E-state index contributed by atoms with van der Waals surface area (Å²) in [6.45, 7) is 6.03. The Hall–Kier alpha value is -1.31. The van der Waals surface area contributed by atoms with Crippen LogP contribution in [0.5, 0.6) is 0 Å². The summed E-state index contributed by atoms with van der Waals surface area (Å²) >= 11 is 9.70. The largest absolute Gasteiger partial charge is 0.220 e. The summed E-state index contributed by atoms with van der Waals surface area (Å²) in [7, 11) is 0. The minimum atomic E-state index is -0.230. The van der Waals surface area contributed by atoms with Gasteiger partial charge in [-0.05, 0) is 18.2 Å². The van der Waals surface area contributed by atoms with Crippen molar-refractivity contribution in [2.45, 2.75) is 26.2 Å². The van der Waals surface area contributed by atoms with Crippen LogP contribution in [0.3, 0.4) is 0 Å². The molecule has 0 N–H and O–H groups in total. The zero-order valence-corrected chi connectivity index (χ0v) is 13.2. The number of rotatable bonds is 1. The van der Waals surface area contributed by atoms with Crippen molar-refractivity contribution in [2.24, 2.45) is 0 Å². The molecule has 0 saturated carbocycles. The summed E-state index contributed by atoms with van der Waals surface area (Å²) in [5, 5.41) is 14.1. The number of hydrogen-bond acceptors (Lipinski definition) is 2. The summed E-state index contributed by atoms with van der Waals surface area (Å²) in [5.74, 6) is 0. The Morgan fingerprint density at radius 2 is 2.05 bits per heavy atom. The second kappa shape index (κ2) is 4.99. The van der Waals surface area contributed by atoms with Gasteiger partial charge in [-0.25, -0.2) is 4.68 Å². The van der Waals surface area contributed by atoms with Crippen LogP contribution in [0.15, 0.2) is 28.7 Å². The van der Waals surface area contributed by atoms with E-state index < -0.39 is 0 Å². The monoisotopic (exact) mass is 337 g/mol. The van der Waals surface area contributed by atoms with Gasteiger partial charge in [0.25, 0.3) is 0 Å². The van der Waals surface area contributed by atoms with Gasteiger partial charge in [-0.2, -0.15) is 10.4 Å². The third-order valence-corrected chi connectivity index (χ3v) is 3.55. The molecule has 1 aromatic carbocycles. The van der Waals surface area contributed by atoms with Gasteiger partial charge in [-0.1, -0.05) is 54.4 Å². The van der Waals surface area contributed by atoms with Crippen LogP contribution in [0, 0.1) is 11.3 Å². The quantitative estimate of drug-likeness (QED) is 0.770. The van der Waals surface area contributed by atoms with E-state index in [1.165, 1.54) is 0 Å². The van der Waals surface area contributed by atoms with E-state index in [0.29, 0.717) is 16.4 Å². The van der Waals surface area contributed by atoms with Gasteiger partial charge in [0.15, 0.2) is 5.15 Å². The lowest BCUT2D eigenvalue weighted by Gasteiger charge is -2.15. The molecular formula is C14H13BrClN3. The molecule has 0 bridgehead atoms. The molecule has 3 nitrogen and oxygen atoms in total. The number of halogens is 2. The maximum atomic E-state index is 9.28. The van der Waals surface area contributed by atoms with Crippen LogP contribution in [-0.2, 0) is 5.41 Å². The van der Waals surface area contributed by atoms with Crippen LogP contribution in [-0.4, -0.2) is 9.78 Å². The van der Waals surface area contributed by atoms with E-state index in [-0.39, 0.29) is 5.41 Å². The molecule has 5 heteroatoms. The number of hydrogen-bond donors (Lipinski definition) is 0. The average Bonchev–Trinajstić information content (AvgIpc) is 2.66. The molecular weight excluding hydrogens is 326 g/mol. The van der Waals surface area contributed by atoms with Crippen LogP contribution in [0.25, 0.3) is 5.69 Å². The highest BCUT2D eigenvalue weighted by atomic mass is 79.9. The molecule has 0 amide bonds. The van der Waals surface area contributed by atoms with Crippen molar-refractivity contribution < 1.29 is 0 Å². The predicted octanol–water partition coefficient (Wildman–Crippen LogP) is 4.46. The van der Waals surface area contributed by atoms with Gasteiger partial charge in [0.1, 0.15) is 11.6 Å². The Kier molecular flexibility index (Phi) is 3.71. The lowest BCUT2D eigenvalue weighted by molar-refractivity contribution is 0.559. The van der Waals surface area contributed by atoms with E-state index in [1.807, 2.05) is 45.0 Å². The third-order valence-electron chi connectivity index (χ3n) is 2.70. The van der Waals surface area contributed by atoms with E-state index in [9.17, 15) is 5.26 Å². The third kappa shape index (κ3) is 2.68. The van der Waals surface area contributed by atoms with Gasteiger partial charge in [0.2, 0.25) is 0 Å². The summed E-state index contributed by atoms with van der Waals surface area (Å²) in [6, 6.07) is 9.79. The number of benzene rings is 1. The van der Waals surface area contributed by atoms with Gasteiger partial charge in [0.05, 0.1) is 11.4 Å². The van der Waals surface area contributed by atoms with Crippen molar-refractivity contribution in [1.82, 2.24) is 9.78 Å². The maximum Gasteiger partial charge on any atom is 0.150 e. The first kappa shape index (κ1) is 14.1. The Bertz CT molecular complexity index is 662. The molecule has 0 unspecified atom stereocenters. The fourth-order valence-electron chi connectivity index (χ4n) is 1.80. The Morgan fingerprint density at radius 3 is 2.53 bits per heavy atom. The molecule has 19 heavy (non-hydrogen) atoms. The fraction of sp³-hybridized carbons (Fsp3) is 0.286. The molecule has 1 heterocycles. The lowest BCUT2D eigenvalue weighted by atomic mass is 9.90. The topological polar surface area (TPSA) is 41.6 Å². The highest BCUT2D eigenvalue weighted by Gasteiger charge is 2.26. The first-order valence-electron chi connectivity index (χ1n) is 5.79. The molecule has 98 valence electrons. The summed E-state index contributed by atoms with van der Waals surface area (Å²) in [4.78, 5) is 0. The van der Waals surface area contributed by atoms with Crippen LogP contribution in [0.4, 0.5) is 0 Å². The second-order valence-corrected chi connectivity index (χ2v) is 6.54. The van der Waals surface area contributed by atoms with Crippen molar-refractivity contribution >= 4 is 27.5 Å². The van der Waals surface area contributed by atoms with E-state index in [4.69, 9.17) is 11.6 Å². The van der Waals surface area contributed by atoms with Crippen LogP contribution in [0.2, 0.25) is 5.15 Å². The average molecular weight is 339 g/mol. The molecule has 0 aliphatic rings. The molecule has 0 aliphatic heterocycles. The first-order chi connectivity index (χ1) is 8.84. The Labute approximate surface area is 125 Å². The Balaban J connectivity index is 2.68. The van der Waals surface area contributed by atoms with Gasteiger partial charge in [-0.15, -0.1) is 0 Å². The molecule has 0 saturated heterocycles. The van der Waals surface area contributed by atoms with Gasteiger partial charge in [-0.3, -0.25) is 0 Å². The standard InChI is InChI=1S/C14H13BrClN3/c1-14(2,3)12-11(8-17)13(16)19(18-12)10-6-4-5-9(15)7-10/h4-7H,1-3H3. The van der Waals surface area contributed by atoms with Gasteiger partial charge >= 0.3 is 0 Å². The molecule has 2 rings (SSSR count). The minimum Gasteiger partial charge on any atom is -0.220 e. The molecule has 0 spiro atoms. The van der Waals surface area contributed by atoms with Crippen molar-refractivity contribution in [2.75, 3.05) is 0 Å². The van der Waals surface area contributed by atoms with Gasteiger partial charge in [0, 0.05) is 9.89 Å². The van der Waals surface area contributed by atoms with Crippen molar-refractivity contribution in [3.8, 4) is 11.8 Å². The maximum absolute atomic E-state index is 9.28. The molecule has 0 atom stereocenters. The van der Waals surface area contributed by atoms with E-state index in [2.05, 4.69) is 27.1 Å². The van der Waals surface area contributed by atoms with Crippen molar-refractivity contribution in [1.29, 1.82) is 5.26 Å². The first-order valence-corrected chi connectivity index (χ1v) is 6.96. The number of nitrogens with zero attached hydrogens (tertiary/aromatic N) is 3. The van der Waals surface area contributed by atoms with Crippen LogP contribution >= 0.6 is 27.5 Å². The highest BCUT2D eigenvalue weighted by Crippen LogP contribution is 2.31. The number of aromatic nitrogens is 2. The molecule has 0 fully saturated rings. The summed E-state index contributed by atoms with van der Waals surface area (Å²) in [6.07, 6.45) is 0. The minimum absolute atomic E-state index is 0.230. The van der Waals surface area contributed by atoms with Crippen molar-refractivity contribution in [3.63, 3.8) is 0 Å². The molecule has 0 radical (unpaired) electrons. The zero-order chi connectivity index (χ0) is 14.2. The lowest BCUT2D eigenvalue weighted by Crippen LogP contribution is -2.14. The highest BCUT2D eigenvalue weighted by molar-refractivity contribution is 9.10. The molecule has 0 aliphatic carbocycles. The SMILES string of the molecule is CC(C)(C)c1nn(-c2cccc(Br)c2)c(Cl)c1C#N.